The van der Waals surface area contributed by atoms with Crippen LogP contribution in [0.5, 0.6) is 0 Å². The molecule has 2 aromatic rings. The fourth-order valence-electron chi connectivity index (χ4n) is 2.08. The molecule has 0 aromatic heterocycles. The Bertz CT molecular complexity index is 1010. The highest BCUT2D eigenvalue weighted by molar-refractivity contribution is 7.92. The van der Waals surface area contributed by atoms with Gasteiger partial charge in [-0.1, -0.05) is 11.6 Å². The molecule has 1 amide bonds. The fraction of sp³-hybridized carbons (Fsp3) is 0.125. The van der Waals surface area contributed by atoms with Gasteiger partial charge in [-0.25, -0.2) is 17.6 Å². The molecule has 26 heavy (non-hydrogen) atoms. The molecule has 7 nitrogen and oxygen atoms in total. The van der Waals surface area contributed by atoms with Crippen molar-refractivity contribution in [3.8, 4) is 0 Å². The molecule has 0 saturated carbocycles. The molecule has 0 atom stereocenters. The number of methoxy groups -OCH3 is 1. The summed E-state index contributed by atoms with van der Waals surface area (Å²) in [4.78, 5) is 22.5. The summed E-state index contributed by atoms with van der Waals surface area (Å²) in [6.45, 7) is 1.32. The number of esters is 1. The van der Waals surface area contributed by atoms with Crippen molar-refractivity contribution in [3.63, 3.8) is 0 Å². The van der Waals surface area contributed by atoms with Crippen LogP contribution in [0, 0.1) is 12.7 Å². The van der Waals surface area contributed by atoms with E-state index in [4.69, 9.17) is 17.3 Å². The number of rotatable bonds is 5. The minimum absolute atomic E-state index is 0.0361. The average molecular weight is 401 g/mol. The normalized spacial score (nSPS) is 11.1. The lowest BCUT2D eigenvalue weighted by Crippen LogP contribution is -2.17. The number of nitrogens with one attached hydrogen (secondary N) is 1. The number of carbonyl (C=O) groups excluding carboxylic acids is 2. The van der Waals surface area contributed by atoms with Gasteiger partial charge < -0.3 is 10.5 Å². The van der Waals surface area contributed by atoms with Crippen LogP contribution in [-0.4, -0.2) is 27.4 Å². The van der Waals surface area contributed by atoms with E-state index in [1.54, 1.807) is 0 Å². The van der Waals surface area contributed by atoms with E-state index in [9.17, 15) is 22.4 Å². The molecule has 0 unspecified atom stereocenters. The third kappa shape index (κ3) is 3.94. The van der Waals surface area contributed by atoms with Gasteiger partial charge in [0.1, 0.15) is 10.7 Å². The van der Waals surface area contributed by atoms with Crippen molar-refractivity contribution in [2.75, 3.05) is 11.8 Å². The quantitative estimate of drug-likeness (QED) is 0.748. The lowest BCUT2D eigenvalue weighted by atomic mass is 10.1. The third-order valence-electron chi connectivity index (χ3n) is 3.51. The molecule has 0 radical (unpaired) electrons. The largest absolute Gasteiger partial charge is 0.465 e. The van der Waals surface area contributed by atoms with E-state index in [1.807, 2.05) is 0 Å². The molecule has 0 aliphatic carbocycles. The molecular formula is C16H14ClFN2O5S. The van der Waals surface area contributed by atoms with Crippen LogP contribution >= 0.6 is 11.6 Å². The standard InChI is InChI=1S/C16H14ClFN2O5S/c1-8-12(18)5-10(15(19)21)6-13(8)20-26(23,24)14-7-9(16(22)25-2)3-4-11(14)17/h3-7,20H,1-2H3,(H2,19,21). The number of benzene rings is 2. The second-order valence-electron chi connectivity index (χ2n) is 5.24. The van der Waals surface area contributed by atoms with Crippen molar-refractivity contribution < 1.29 is 27.1 Å². The van der Waals surface area contributed by atoms with Crippen LogP contribution < -0.4 is 10.5 Å². The first-order valence-electron chi connectivity index (χ1n) is 7.07. The Kier molecular flexibility index (Phi) is 5.53. The molecule has 3 N–H and O–H groups in total. The Balaban J connectivity index is 2.54. The lowest BCUT2D eigenvalue weighted by Gasteiger charge is -2.14. The number of amides is 1. The highest BCUT2D eigenvalue weighted by atomic mass is 35.5. The summed E-state index contributed by atoms with van der Waals surface area (Å²) < 4.78 is 45.9. The third-order valence-corrected chi connectivity index (χ3v) is 5.36. The molecule has 0 spiro atoms. The second-order valence-corrected chi connectivity index (χ2v) is 7.30. The molecule has 0 aliphatic rings. The van der Waals surface area contributed by atoms with E-state index >= 15 is 0 Å². The van der Waals surface area contributed by atoms with Crippen molar-refractivity contribution in [2.24, 2.45) is 5.73 Å². The van der Waals surface area contributed by atoms with E-state index in [0.29, 0.717) is 0 Å². The maximum atomic E-state index is 13.9. The number of nitrogens with two attached hydrogens (primary N) is 1. The zero-order chi connectivity index (χ0) is 19.6. The molecule has 10 heteroatoms. The van der Waals surface area contributed by atoms with Crippen molar-refractivity contribution in [3.05, 3.63) is 57.9 Å². The number of anilines is 1. The van der Waals surface area contributed by atoms with Crippen molar-refractivity contribution in [2.45, 2.75) is 11.8 Å². The van der Waals surface area contributed by atoms with Crippen molar-refractivity contribution in [1.82, 2.24) is 0 Å². The van der Waals surface area contributed by atoms with Crippen LogP contribution in [0.15, 0.2) is 35.2 Å². The summed E-state index contributed by atoms with van der Waals surface area (Å²) in [5.41, 5.74) is 4.64. The van der Waals surface area contributed by atoms with Crippen LogP contribution in [0.25, 0.3) is 0 Å². The average Bonchev–Trinajstić information content (AvgIpc) is 2.57. The van der Waals surface area contributed by atoms with Gasteiger partial charge in [-0.15, -0.1) is 0 Å². The second kappa shape index (κ2) is 7.30. The summed E-state index contributed by atoms with van der Waals surface area (Å²) in [5, 5.41) is -0.158. The fourth-order valence-corrected chi connectivity index (χ4v) is 3.72. The predicted molar refractivity (Wildman–Crippen MR) is 93.3 cm³/mol. The van der Waals surface area contributed by atoms with Gasteiger partial charge in [0.05, 0.1) is 23.4 Å². The number of ether oxygens (including phenoxy) is 1. The Morgan fingerprint density at radius 3 is 2.42 bits per heavy atom. The number of primary amides is 1. The van der Waals surface area contributed by atoms with Gasteiger partial charge in [0.15, 0.2) is 0 Å². The maximum Gasteiger partial charge on any atom is 0.337 e. The maximum absolute atomic E-state index is 13.9. The number of halogens is 2. The zero-order valence-electron chi connectivity index (χ0n) is 13.7. The molecule has 0 fully saturated rings. The van der Waals surface area contributed by atoms with Crippen LogP contribution in [-0.2, 0) is 14.8 Å². The van der Waals surface area contributed by atoms with Crippen LogP contribution in [0.3, 0.4) is 0 Å². The van der Waals surface area contributed by atoms with Gasteiger partial charge in [0.2, 0.25) is 5.91 Å². The number of carbonyl (C=O) groups is 2. The first-order chi connectivity index (χ1) is 12.1. The zero-order valence-corrected chi connectivity index (χ0v) is 15.2. The van der Waals surface area contributed by atoms with Gasteiger partial charge in [-0.3, -0.25) is 9.52 Å². The monoisotopic (exact) mass is 400 g/mol. The Labute approximate surface area is 154 Å². The lowest BCUT2D eigenvalue weighted by molar-refractivity contribution is 0.0600. The molecule has 138 valence electrons. The van der Waals surface area contributed by atoms with Crippen molar-refractivity contribution >= 4 is 39.2 Å². The molecule has 2 aromatic carbocycles. The number of sulfonamides is 1. The summed E-state index contributed by atoms with van der Waals surface area (Å²) in [6, 6.07) is 5.55. The van der Waals surface area contributed by atoms with Gasteiger partial charge in [0.25, 0.3) is 10.0 Å². The molecule has 0 aliphatic heterocycles. The van der Waals surface area contributed by atoms with Crippen molar-refractivity contribution in [1.29, 1.82) is 0 Å². The Morgan fingerprint density at radius 1 is 1.19 bits per heavy atom. The summed E-state index contributed by atoms with van der Waals surface area (Å²) in [7, 11) is -3.15. The SMILES string of the molecule is COC(=O)c1ccc(Cl)c(S(=O)(=O)Nc2cc(C(N)=O)cc(F)c2C)c1. The summed E-state index contributed by atoms with van der Waals surface area (Å²) >= 11 is 5.93. The number of hydrogen-bond donors (Lipinski definition) is 2. The predicted octanol–water partition coefficient (Wildman–Crippen LogP) is 2.47. The van der Waals surface area contributed by atoms with Crippen LogP contribution in [0.4, 0.5) is 10.1 Å². The highest BCUT2D eigenvalue weighted by Gasteiger charge is 2.22. The minimum atomic E-state index is -4.30. The van der Waals surface area contributed by atoms with Gasteiger partial charge in [0, 0.05) is 11.1 Å². The van der Waals surface area contributed by atoms with Gasteiger partial charge >= 0.3 is 5.97 Å². The summed E-state index contributed by atoms with van der Waals surface area (Å²) in [6.07, 6.45) is 0. The Hall–Kier alpha value is -2.65. The molecule has 0 heterocycles. The van der Waals surface area contributed by atoms with Crippen LogP contribution in [0.2, 0.25) is 5.02 Å². The van der Waals surface area contributed by atoms with Gasteiger partial charge in [-0.2, -0.15) is 0 Å². The topological polar surface area (TPSA) is 116 Å². The minimum Gasteiger partial charge on any atom is -0.465 e. The van der Waals surface area contributed by atoms with Crippen LogP contribution in [0.1, 0.15) is 26.3 Å². The Morgan fingerprint density at radius 2 is 1.85 bits per heavy atom. The molecule has 0 bridgehead atoms. The van der Waals surface area contributed by atoms with Gasteiger partial charge in [-0.05, 0) is 37.3 Å². The van der Waals surface area contributed by atoms with E-state index in [2.05, 4.69) is 9.46 Å². The summed E-state index contributed by atoms with van der Waals surface area (Å²) in [5.74, 6) is -2.49. The highest BCUT2D eigenvalue weighted by Crippen LogP contribution is 2.28. The van der Waals surface area contributed by atoms with E-state index in [0.717, 1.165) is 25.3 Å². The first kappa shape index (κ1) is 19.7. The first-order valence-corrected chi connectivity index (χ1v) is 8.93. The molecule has 0 saturated heterocycles. The van der Waals surface area contributed by atoms with E-state index < -0.39 is 32.6 Å². The van der Waals surface area contributed by atoms with E-state index in [-0.39, 0.29) is 27.4 Å². The molecule has 2 rings (SSSR count). The smallest absolute Gasteiger partial charge is 0.337 e. The number of hydrogen-bond acceptors (Lipinski definition) is 5. The van der Waals surface area contributed by atoms with E-state index in [1.165, 1.54) is 19.1 Å². The molecular weight excluding hydrogens is 387 g/mol.